The molecule has 0 bridgehead atoms. The van der Waals surface area contributed by atoms with E-state index in [9.17, 15) is 4.79 Å². The van der Waals surface area contributed by atoms with Gasteiger partial charge in [0.2, 0.25) is 11.1 Å². The molecular formula is C14H18ClN5OS. The van der Waals surface area contributed by atoms with Gasteiger partial charge >= 0.3 is 0 Å². The lowest BCUT2D eigenvalue weighted by molar-refractivity contribution is -0.118. The van der Waals surface area contributed by atoms with Crippen LogP contribution in [-0.4, -0.2) is 31.9 Å². The van der Waals surface area contributed by atoms with Gasteiger partial charge in [0, 0.05) is 11.6 Å². The SMILES string of the molecule is CC(C)(C)n1nnnc1SCC(=O)NCc1cccc(Cl)c1. The van der Waals surface area contributed by atoms with E-state index in [2.05, 4.69) is 20.8 Å². The second kappa shape index (κ2) is 7.11. The fraction of sp³-hybridized carbons (Fsp3) is 0.429. The van der Waals surface area contributed by atoms with Gasteiger partial charge in [0.05, 0.1) is 11.3 Å². The van der Waals surface area contributed by atoms with Gasteiger partial charge in [-0.25, -0.2) is 4.68 Å². The minimum atomic E-state index is -0.219. The van der Waals surface area contributed by atoms with Gasteiger partial charge in [-0.15, -0.1) is 5.10 Å². The van der Waals surface area contributed by atoms with Crippen LogP contribution in [0.25, 0.3) is 0 Å². The molecule has 0 saturated heterocycles. The molecule has 0 saturated carbocycles. The summed E-state index contributed by atoms with van der Waals surface area (Å²) in [7, 11) is 0. The lowest BCUT2D eigenvalue weighted by Gasteiger charge is -2.19. The number of rotatable bonds is 5. The Balaban J connectivity index is 1.85. The normalized spacial score (nSPS) is 11.5. The van der Waals surface area contributed by atoms with Crippen molar-refractivity contribution >= 4 is 29.3 Å². The Kier molecular flexibility index (Phi) is 5.42. The Morgan fingerprint density at radius 1 is 1.41 bits per heavy atom. The minimum Gasteiger partial charge on any atom is -0.351 e. The van der Waals surface area contributed by atoms with Gasteiger partial charge in [-0.3, -0.25) is 4.79 Å². The monoisotopic (exact) mass is 339 g/mol. The van der Waals surface area contributed by atoms with Gasteiger partial charge in [-0.05, 0) is 48.9 Å². The molecule has 0 unspecified atom stereocenters. The number of nitrogens with zero attached hydrogens (tertiary/aromatic N) is 4. The third-order valence-electron chi connectivity index (χ3n) is 2.79. The van der Waals surface area contributed by atoms with Crippen molar-refractivity contribution in [1.29, 1.82) is 0 Å². The van der Waals surface area contributed by atoms with Crippen LogP contribution in [0.2, 0.25) is 5.02 Å². The zero-order valence-corrected chi connectivity index (χ0v) is 14.3. The molecule has 1 heterocycles. The number of carbonyl (C=O) groups is 1. The van der Waals surface area contributed by atoms with Crippen molar-refractivity contribution in [3.63, 3.8) is 0 Å². The number of nitrogens with one attached hydrogen (secondary N) is 1. The van der Waals surface area contributed by atoms with Crippen LogP contribution < -0.4 is 5.32 Å². The zero-order chi connectivity index (χ0) is 16.2. The molecule has 0 atom stereocenters. The molecule has 1 N–H and O–H groups in total. The maximum atomic E-state index is 11.9. The van der Waals surface area contributed by atoms with Crippen LogP contribution in [0, 0.1) is 0 Å². The molecule has 8 heteroatoms. The Morgan fingerprint density at radius 2 is 2.18 bits per heavy atom. The average Bonchev–Trinajstić information content (AvgIpc) is 2.91. The molecule has 0 aliphatic rings. The fourth-order valence-corrected chi connectivity index (χ4v) is 2.82. The first-order valence-corrected chi connectivity index (χ1v) is 8.15. The summed E-state index contributed by atoms with van der Waals surface area (Å²) >= 11 is 7.22. The van der Waals surface area contributed by atoms with Crippen LogP contribution in [0.4, 0.5) is 0 Å². The number of thioether (sulfide) groups is 1. The van der Waals surface area contributed by atoms with E-state index in [4.69, 9.17) is 11.6 Å². The Hall–Kier alpha value is -1.60. The summed E-state index contributed by atoms with van der Waals surface area (Å²) in [4.78, 5) is 11.9. The number of aromatic nitrogens is 4. The van der Waals surface area contributed by atoms with Crippen molar-refractivity contribution in [3.8, 4) is 0 Å². The summed E-state index contributed by atoms with van der Waals surface area (Å²) in [6, 6.07) is 7.40. The Labute approximate surface area is 138 Å². The lowest BCUT2D eigenvalue weighted by Crippen LogP contribution is -2.26. The summed E-state index contributed by atoms with van der Waals surface area (Å²) in [6.45, 7) is 6.47. The van der Waals surface area contributed by atoms with E-state index in [-0.39, 0.29) is 17.2 Å². The molecule has 2 rings (SSSR count). The van der Waals surface area contributed by atoms with E-state index in [1.54, 1.807) is 10.7 Å². The summed E-state index contributed by atoms with van der Waals surface area (Å²) in [5, 5.41) is 15.7. The van der Waals surface area contributed by atoms with Crippen molar-refractivity contribution in [3.05, 3.63) is 34.9 Å². The highest BCUT2D eigenvalue weighted by Gasteiger charge is 2.20. The van der Waals surface area contributed by atoms with Crippen LogP contribution >= 0.6 is 23.4 Å². The van der Waals surface area contributed by atoms with Gasteiger partial charge in [0.25, 0.3) is 0 Å². The van der Waals surface area contributed by atoms with E-state index in [1.807, 2.05) is 39.0 Å². The molecule has 1 aromatic carbocycles. The van der Waals surface area contributed by atoms with E-state index >= 15 is 0 Å². The topological polar surface area (TPSA) is 72.7 Å². The second-order valence-corrected chi connectivity index (χ2v) is 7.12. The predicted octanol–water partition coefficient (Wildman–Crippen LogP) is 2.49. The Bertz CT molecular complexity index is 653. The van der Waals surface area contributed by atoms with E-state index in [0.717, 1.165) is 5.56 Å². The van der Waals surface area contributed by atoms with E-state index in [0.29, 0.717) is 16.7 Å². The molecule has 6 nitrogen and oxygen atoms in total. The minimum absolute atomic E-state index is 0.0755. The second-order valence-electron chi connectivity index (χ2n) is 5.74. The predicted molar refractivity (Wildman–Crippen MR) is 86.8 cm³/mol. The number of hydrogen-bond acceptors (Lipinski definition) is 5. The highest BCUT2D eigenvalue weighted by molar-refractivity contribution is 7.99. The zero-order valence-electron chi connectivity index (χ0n) is 12.7. The molecule has 0 aliphatic heterocycles. The molecule has 118 valence electrons. The third-order valence-corrected chi connectivity index (χ3v) is 3.94. The fourth-order valence-electron chi connectivity index (χ4n) is 1.72. The first-order chi connectivity index (χ1) is 10.4. The van der Waals surface area contributed by atoms with Gasteiger partial charge in [-0.1, -0.05) is 35.5 Å². The van der Waals surface area contributed by atoms with Crippen molar-refractivity contribution < 1.29 is 4.79 Å². The van der Waals surface area contributed by atoms with Gasteiger partial charge in [-0.2, -0.15) is 0 Å². The number of hydrogen-bond donors (Lipinski definition) is 1. The first-order valence-electron chi connectivity index (χ1n) is 6.79. The molecule has 2 aromatic rings. The van der Waals surface area contributed by atoms with Crippen molar-refractivity contribution in [2.24, 2.45) is 0 Å². The van der Waals surface area contributed by atoms with Crippen LogP contribution in [0.3, 0.4) is 0 Å². The number of carbonyl (C=O) groups excluding carboxylic acids is 1. The third kappa shape index (κ3) is 4.71. The quantitative estimate of drug-likeness (QED) is 0.847. The average molecular weight is 340 g/mol. The summed E-state index contributed by atoms with van der Waals surface area (Å²) in [5.41, 5.74) is 0.744. The molecule has 0 radical (unpaired) electrons. The first kappa shape index (κ1) is 16.8. The molecule has 0 fully saturated rings. The van der Waals surface area contributed by atoms with Crippen molar-refractivity contribution in [2.45, 2.75) is 38.0 Å². The number of benzene rings is 1. The highest BCUT2D eigenvalue weighted by atomic mass is 35.5. The Morgan fingerprint density at radius 3 is 2.86 bits per heavy atom. The molecule has 0 spiro atoms. The molecular weight excluding hydrogens is 322 g/mol. The molecule has 0 aliphatic carbocycles. The van der Waals surface area contributed by atoms with E-state index in [1.165, 1.54) is 11.8 Å². The van der Waals surface area contributed by atoms with Gasteiger partial charge in [0.15, 0.2) is 0 Å². The standard InChI is InChI=1S/C14H18ClN5OS/c1-14(2,3)20-13(17-18-19-20)22-9-12(21)16-8-10-5-4-6-11(15)7-10/h4-7H,8-9H2,1-3H3,(H,16,21). The lowest BCUT2D eigenvalue weighted by atomic mass is 10.1. The summed E-state index contributed by atoms with van der Waals surface area (Å²) in [6.07, 6.45) is 0. The van der Waals surface area contributed by atoms with Crippen LogP contribution in [0.15, 0.2) is 29.4 Å². The number of amides is 1. The van der Waals surface area contributed by atoms with Crippen LogP contribution in [0.1, 0.15) is 26.3 Å². The summed E-state index contributed by atoms with van der Waals surface area (Å²) in [5.74, 6) is 0.185. The number of halogens is 1. The maximum absolute atomic E-state index is 11.9. The molecule has 1 aromatic heterocycles. The highest BCUT2D eigenvalue weighted by Crippen LogP contribution is 2.21. The van der Waals surface area contributed by atoms with Gasteiger partial charge in [0.1, 0.15) is 0 Å². The van der Waals surface area contributed by atoms with Gasteiger partial charge < -0.3 is 5.32 Å². The van der Waals surface area contributed by atoms with Crippen LogP contribution in [-0.2, 0) is 16.9 Å². The van der Waals surface area contributed by atoms with Crippen molar-refractivity contribution in [1.82, 2.24) is 25.5 Å². The van der Waals surface area contributed by atoms with E-state index < -0.39 is 0 Å². The smallest absolute Gasteiger partial charge is 0.230 e. The summed E-state index contributed by atoms with van der Waals surface area (Å²) < 4.78 is 1.71. The van der Waals surface area contributed by atoms with Crippen molar-refractivity contribution in [2.75, 3.05) is 5.75 Å². The van der Waals surface area contributed by atoms with Crippen LogP contribution in [0.5, 0.6) is 0 Å². The molecule has 22 heavy (non-hydrogen) atoms. The maximum Gasteiger partial charge on any atom is 0.230 e. The molecule has 1 amide bonds. The largest absolute Gasteiger partial charge is 0.351 e. The number of tetrazole rings is 1.